The molecule has 0 radical (unpaired) electrons. The Hall–Kier alpha value is -2.67. The molecule has 0 fully saturated rings. The zero-order valence-electron chi connectivity index (χ0n) is 14.6. The molecule has 0 aliphatic carbocycles. The molecular weight excluding hydrogens is 334 g/mol. The second-order valence-corrected chi connectivity index (χ2v) is 6.72. The Morgan fingerprint density at radius 3 is 2.80 bits per heavy atom. The maximum Gasteiger partial charge on any atom is 0.194 e. The third kappa shape index (κ3) is 4.45. The lowest BCUT2D eigenvalue weighted by molar-refractivity contribution is 0.378. The van der Waals surface area contributed by atoms with Gasteiger partial charge < -0.3 is 14.7 Å². The van der Waals surface area contributed by atoms with Gasteiger partial charge in [-0.15, -0.1) is 11.3 Å². The summed E-state index contributed by atoms with van der Waals surface area (Å²) in [6.07, 6.45) is 0. The molecule has 130 valence electrons. The van der Waals surface area contributed by atoms with E-state index in [9.17, 15) is 0 Å². The largest absolute Gasteiger partial charge is 0.359 e. The van der Waals surface area contributed by atoms with Crippen molar-refractivity contribution in [2.45, 2.75) is 20.0 Å². The van der Waals surface area contributed by atoms with E-state index in [1.165, 1.54) is 0 Å². The highest BCUT2D eigenvalue weighted by Crippen LogP contribution is 2.18. The molecule has 0 aliphatic heterocycles. The lowest BCUT2D eigenvalue weighted by atomic mass is 10.1. The molecule has 0 bridgehead atoms. The van der Waals surface area contributed by atoms with Crippen LogP contribution in [0.4, 0.5) is 0 Å². The van der Waals surface area contributed by atoms with Crippen LogP contribution >= 0.6 is 11.3 Å². The highest BCUT2D eigenvalue weighted by Gasteiger charge is 2.11. The fourth-order valence-corrected chi connectivity index (χ4v) is 3.09. The first-order valence-electron chi connectivity index (χ1n) is 7.99. The van der Waals surface area contributed by atoms with Gasteiger partial charge >= 0.3 is 0 Å². The zero-order chi connectivity index (χ0) is 17.6. The maximum absolute atomic E-state index is 5.42. The van der Waals surface area contributed by atoms with Gasteiger partial charge in [-0.25, -0.2) is 4.98 Å². The van der Waals surface area contributed by atoms with Crippen LogP contribution in [0.15, 0.2) is 51.3 Å². The van der Waals surface area contributed by atoms with Gasteiger partial charge in [0, 0.05) is 31.1 Å². The van der Waals surface area contributed by atoms with Crippen LogP contribution in [-0.2, 0) is 13.1 Å². The number of aliphatic imine (C=N–C) groups is 1. The smallest absolute Gasteiger partial charge is 0.194 e. The predicted octanol–water partition coefficient (Wildman–Crippen LogP) is 3.31. The second kappa shape index (κ2) is 7.94. The molecule has 3 aromatic rings. The van der Waals surface area contributed by atoms with E-state index in [1.807, 2.05) is 55.3 Å². The zero-order valence-corrected chi connectivity index (χ0v) is 15.4. The Kier molecular flexibility index (Phi) is 5.45. The molecule has 1 aromatic carbocycles. The normalized spacial score (nSPS) is 11.6. The minimum absolute atomic E-state index is 0.521. The first-order chi connectivity index (χ1) is 12.2. The van der Waals surface area contributed by atoms with Crippen molar-refractivity contribution in [1.82, 2.24) is 20.4 Å². The van der Waals surface area contributed by atoms with Crippen LogP contribution in [0.25, 0.3) is 11.3 Å². The quantitative estimate of drug-likeness (QED) is 0.562. The van der Waals surface area contributed by atoms with E-state index in [-0.39, 0.29) is 0 Å². The van der Waals surface area contributed by atoms with Crippen LogP contribution < -0.4 is 5.32 Å². The molecule has 0 unspecified atom stereocenters. The van der Waals surface area contributed by atoms with Gasteiger partial charge in [-0.2, -0.15) is 0 Å². The van der Waals surface area contributed by atoms with E-state index in [2.05, 4.69) is 25.8 Å². The van der Waals surface area contributed by atoms with E-state index in [1.54, 1.807) is 18.4 Å². The SMILES string of the molecule is CN=C(NCc1cc(-c2ccccc2)no1)N(C)Cc1csc(C)n1. The standard InChI is InChI=1S/C18H21N5OS/c1-13-21-15(12-25-13)11-23(3)18(19-2)20-10-16-9-17(22-24-16)14-7-5-4-6-8-14/h4-9,12H,10-11H2,1-3H3,(H,19,20). The van der Waals surface area contributed by atoms with Gasteiger partial charge in [0.2, 0.25) is 0 Å². The molecule has 0 aliphatic rings. The molecule has 0 saturated heterocycles. The number of aromatic nitrogens is 2. The molecule has 0 atom stereocenters. The molecule has 6 nitrogen and oxygen atoms in total. The summed E-state index contributed by atoms with van der Waals surface area (Å²) in [6, 6.07) is 11.9. The second-order valence-electron chi connectivity index (χ2n) is 5.66. The van der Waals surface area contributed by atoms with Crippen molar-refractivity contribution in [1.29, 1.82) is 0 Å². The molecule has 0 amide bonds. The first kappa shape index (κ1) is 17.2. The number of benzene rings is 1. The van der Waals surface area contributed by atoms with Gasteiger partial charge in [0.1, 0.15) is 5.69 Å². The fourth-order valence-electron chi connectivity index (χ4n) is 2.49. The van der Waals surface area contributed by atoms with Crippen molar-refractivity contribution < 1.29 is 4.52 Å². The van der Waals surface area contributed by atoms with Crippen LogP contribution in [0, 0.1) is 6.92 Å². The average Bonchev–Trinajstić information content (AvgIpc) is 3.25. The molecule has 2 aromatic heterocycles. The monoisotopic (exact) mass is 355 g/mol. The highest BCUT2D eigenvalue weighted by atomic mass is 32.1. The Labute approximate surface area is 151 Å². The lowest BCUT2D eigenvalue weighted by Crippen LogP contribution is -2.38. The van der Waals surface area contributed by atoms with Crippen LogP contribution in [0.2, 0.25) is 0 Å². The van der Waals surface area contributed by atoms with Gasteiger partial charge in [-0.1, -0.05) is 35.5 Å². The van der Waals surface area contributed by atoms with Crippen molar-refractivity contribution in [3.8, 4) is 11.3 Å². The molecule has 0 spiro atoms. The number of hydrogen-bond acceptors (Lipinski definition) is 5. The number of nitrogens with zero attached hydrogens (tertiary/aromatic N) is 4. The lowest BCUT2D eigenvalue weighted by Gasteiger charge is -2.20. The van der Waals surface area contributed by atoms with Crippen LogP contribution in [0.3, 0.4) is 0 Å². The van der Waals surface area contributed by atoms with Crippen molar-refractivity contribution in [2.75, 3.05) is 14.1 Å². The summed E-state index contributed by atoms with van der Waals surface area (Å²) in [6.45, 7) is 3.23. The minimum Gasteiger partial charge on any atom is -0.359 e. The summed E-state index contributed by atoms with van der Waals surface area (Å²) >= 11 is 1.66. The van der Waals surface area contributed by atoms with Crippen LogP contribution in [-0.4, -0.2) is 35.1 Å². The van der Waals surface area contributed by atoms with E-state index in [0.29, 0.717) is 13.1 Å². The van der Waals surface area contributed by atoms with E-state index in [4.69, 9.17) is 4.52 Å². The summed E-state index contributed by atoms with van der Waals surface area (Å²) in [5.41, 5.74) is 2.91. The molecule has 7 heteroatoms. The summed E-state index contributed by atoms with van der Waals surface area (Å²) < 4.78 is 5.42. The summed E-state index contributed by atoms with van der Waals surface area (Å²) in [5.74, 6) is 1.54. The Morgan fingerprint density at radius 1 is 1.32 bits per heavy atom. The van der Waals surface area contributed by atoms with Crippen LogP contribution in [0.1, 0.15) is 16.5 Å². The van der Waals surface area contributed by atoms with Gasteiger partial charge in [0.15, 0.2) is 11.7 Å². The Morgan fingerprint density at radius 2 is 2.12 bits per heavy atom. The Bertz CT molecular complexity index is 840. The predicted molar refractivity (Wildman–Crippen MR) is 100 cm³/mol. The number of guanidine groups is 1. The third-order valence-corrected chi connectivity index (χ3v) is 4.51. The summed E-state index contributed by atoms with van der Waals surface area (Å²) in [4.78, 5) is 10.8. The maximum atomic E-state index is 5.42. The average molecular weight is 355 g/mol. The van der Waals surface area contributed by atoms with E-state index >= 15 is 0 Å². The van der Waals surface area contributed by atoms with E-state index < -0.39 is 0 Å². The van der Waals surface area contributed by atoms with Crippen molar-refractivity contribution in [2.24, 2.45) is 4.99 Å². The highest BCUT2D eigenvalue weighted by molar-refractivity contribution is 7.09. The van der Waals surface area contributed by atoms with Crippen molar-refractivity contribution in [3.05, 3.63) is 58.2 Å². The van der Waals surface area contributed by atoms with Gasteiger partial charge in [0.25, 0.3) is 0 Å². The molecular formula is C18H21N5OS. The minimum atomic E-state index is 0.521. The number of thiazole rings is 1. The fraction of sp³-hybridized carbons (Fsp3) is 0.278. The summed E-state index contributed by atoms with van der Waals surface area (Å²) in [7, 11) is 3.75. The third-order valence-electron chi connectivity index (χ3n) is 3.69. The van der Waals surface area contributed by atoms with Gasteiger partial charge in [0.05, 0.1) is 23.8 Å². The summed E-state index contributed by atoms with van der Waals surface area (Å²) in [5, 5.41) is 10.6. The molecule has 0 saturated carbocycles. The number of rotatable bonds is 5. The molecule has 25 heavy (non-hydrogen) atoms. The number of nitrogens with one attached hydrogen (secondary N) is 1. The topological polar surface area (TPSA) is 66.6 Å². The van der Waals surface area contributed by atoms with Gasteiger partial charge in [-0.05, 0) is 6.92 Å². The first-order valence-corrected chi connectivity index (χ1v) is 8.87. The number of hydrogen-bond donors (Lipinski definition) is 1. The van der Waals surface area contributed by atoms with Crippen LogP contribution in [0.5, 0.6) is 0 Å². The molecule has 2 heterocycles. The van der Waals surface area contributed by atoms with Gasteiger partial charge in [-0.3, -0.25) is 4.99 Å². The van der Waals surface area contributed by atoms with Crippen molar-refractivity contribution in [3.63, 3.8) is 0 Å². The Balaban J connectivity index is 1.59. The molecule has 3 rings (SSSR count). The molecule has 1 N–H and O–H groups in total. The number of aryl methyl sites for hydroxylation is 1. The van der Waals surface area contributed by atoms with E-state index in [0.717, 1.165) is 33.7 Å². The van der Waals surface area contributed by atoms with Crippen molar-refractivity contribution >= 4 is 17.3 Å².